The number of fused-ring (bicyclic) bond motifs is 1. The van der Waals surface area contributed by atoms with Gasteiger partial charge in [-0.1, -0.05) is 12.1 Å². The summed E-state index contributed by atoms with van der Waals surface area (Å²) < 4.78 is 0. The van der Waals surface area contributed by atoms with E-state index in [0.717, 1.165) is 12.2 Å². The fourth-order valence-corrected chi connectivity index (χ4v) is 3.74. The molecule has 1 aromatic heterocycles. The predicted octanol–water partition coefficient (Wildman–Crippen LogP) is 2.86. The van der Waals surface area contributed by atoms with Gasteiger partial charge in [0.25, 0.3) is 0 Å². The van der Waals surface area contributed by atoms with Crippen LogP contribution in [-0.4, -0.2) is 36.3 Å². The number of aryl methyl sites for hydroxylation is 1. The lowest BCUT2D eigenvalue weighted by Crippen LogP contribution is -2.50. The third-order valence-electron chi connectivity index (χ3n) is 4.42. The van der Waals surface area contributed by atoms with E-state index in [-0.39, 0.29) is 24.4 Å². The van der Waals surface area contributed by atoms with Crippen molar-refractivity contribution in [2.45, 2.75) is 26.4 Å². The van der Waals surface area contributed by atoms with Crippen LogP contribution in [0.5, 0.6) is 0 Å². The summed E-state index contributed by atoms with van der Waals surface area (Å²) in [4.78, 5) is 29.7. The van der Waals surface area contributed by atoms with Crippen LogP contribution in [0.3, 0.4) is 0 Å². The van der Waals surface area contributed by atoms with E-state index in [4.69, 9.17) is 0 Å². The molecule has 1 aliphatic heterocycles. The fourth-order valence-electron chi connectivity index (χ4n) is 2.77. The van der Waals surface area contributed by atoms with Crippen molar-refractivity contribution in [3.05, 3.63) is 46.2 Å². The number of likely N-dealkylation sites (N-methyl/N-ethyl adjacent to an activating group) is 1. The number of anilines is 2. The van der Waals surface area contributed by atoms with Crippen molar-refractivity contribution in [2.24, 2.45) is 0 Å². The SMILES string of the molecule is Cc1ccsc1CN(C)[C@@H](C)C(=O)N1CC(=O)Nc2ccccc21. The predicted molar refractivity (Wildman–Crippen MR) is 97.4 cm³/mol. The van der Waals surface area contributed by atoms with Crippen LogP contribution in [0.1, 0.15) is 17.4 Å². The average Bonchev–Trinajstić information content (AvgIpc) is 2.97. The normalized spacial score (nSPS) is 15.2. The smallest absolute Gasteiger partial charge is 0.244 e. The van der Waals surface area contributed by atoms with E-state index in [1.165, 1.54) is 10.4 Å². The average molecular weight is 343 g/mol. The van der Waals surface area contributed by atoms with Crippen LogP contribution < -0.4 is 10.2 Å². The highest BCUT2D eigenvalue weighted by atomic mass is 32.1. The Morgan fingerprint density at radius 2 is 2.12 bits per heavy atom. The monoisotopic (exact) mass is 343 g/mol. The zero-order valence-corrected chi connectivity index (χ0v) is 14.9. The van der Waals surface area contributed by atoms with Gasteiger partial charge in [0.15, 0.2) is 0 Å². The lowest BCUT2D eigenvalue weighted by atomic mass is 10.1. The first-order valence-corrected chi connectivity index (χ1v) is 8.79. The molecule has 1 aliphatic rings. The van der Waals surface area contributed by atoms with E-state index in [0.29, 0.717) is 5.69 Å². The number of para-hydroxylation sites is 2. The number of nitrogens with one attached hydrogen (secondary N) is 1. The first kappa shape index (κ1) is 16.7. The second-order valence-electron chi connectivity index (χ2n) is 6.11. The number of carbonyl (C=O) groups excluding carboxylic acids is 2. The largest absolute Gasteiger partial charge is 0.323 e. The van der Waals surface area contributed by atoms with Crippen LogP contribution in [0, 0.1) is 6.92 Å². The van der Waals surface area contributed by atoms with Crippen molar-refractivity contribution in [2.75, 3.05) is 23.8 Å². The summed E-state index contributed by atoms with van der Waals surface area (Å²) in [5.41, 5.74) is 2.69. The number of benzene rings is 1. The van der Waals surface area contributed by atoms with E-state index in [2.05, 4.69) is 23.7 Å². The summed E-state index contributed by atoms with van der Waals surface area (Å²) in [6, 6.07) is 9.18. The summed E-state index contributed by atoms with van der Waals surface area (Å²) >= 11 is 1.70. The highest BCUT2D eigenvalue weighted by Crippen LogP contribution is 2.30. The summed E-state index contributed by atoms with van der Waals surface area (Å²) in [6.45, 7) is 4.75. The van der Waals surface area contributed by atoms with Gasteiger partial charge in [0, 0.05) is 11.4 Å². The lowest BCUT2D eigenvalue weighted by molar-refractivity contribution is -0.125. The number of hydrogen-bond donors (Lipinski definition) is 1. The molecule has 0 bridgehead atoms. The highest BCUT2D eigenvalue weighted by Gasteiger charge is 2.31. The third-order valence-corrected chi connectivity index (χ3v) is 5.42. The molecule has 2 amide bonds. The minimum absolute atomic E-state index is 0.0611. The van der Waals surface area contributed by atoms with Crippen molar-refractivity contribution >= 4 is 34.5 Å². The van der Waals surface area contributed by atoms with Crippen molar-refractivity contribution < 1.29 is 9.59 Å². The van der Waals surface area contributed by atoms with Crippen LogP contribution in [0.15, 0.2) is 35.7 Å². The molecule has 5 nitrogen and oxygen atoms in total. The Hall–Kier alpha value is -2.18. The summed E-state index contributed by atoms with van der Waals surface area (Å²) in [6.07, 6.45) is 0. The molecule has 24 heavy (non-hydrogen) atoms. The van der Waals surface area contributed by atoms with Crippen LogP contribution in [0.4, 0.5) is 11.4 Å². The van der Waals surface area contributed by atoms with Gasteiger partial charge < -0.3 is 5.32 Å². The Labute approximate surface area is 145 Å². The van der Waals surface area contributed by atoms with Crippen LogP contribution in [0.2, 0.25) is 0 Å². The molecule has 0 aliphatic carbocycles. The maximum Gasteiger partial charge on any atom is 0.244 e. The fraction of sp³-hybridized carbons (Fsp3) is 0.333. The topological polar surface area (TPSA) is 52.7 Å². The number of rotatable bonds is 4. The van der Waals surface area contributed by atoms with E-state index in [1.807, 2.05) is 43.1 Å². The zero-order chi connectivity index (χ0) is 17.3. The Morgan fingerprint density at radius 3 is 2.83 bits per heavy atom. The molecule has 126 valence electrons. The number of carbonyl (C=O) groups is 2. The van der Waals surface area contributed by atoms with Gasteiger partial charge >= 0.3 is 0 Å². The van der Waals surface area contributed by atoms with E-state index >= 15 is 0 Å². The molecule has 1 aromatic carbocycles. The molecule has 0 unspecified atom stereocenters. The second-order valence-corrected chi connectivity index (χ2v) is 7.11. The zero-order valence-electron chi connectivity index (χ0n) is 14.1. The Kier molecular flexibility index (Phi) is 4.69. The molecule has 3 rings (SSSR count). The number of amides is 2. The van der Waals surface area contributed by atoms with Crippen molar-refractivity contribution in [1.29, 1.82) is 0 Å². The van der Waals surface area contributed by atoms with Gasteiger partial charge in [0.2, 0.25) is 11.8 Å². The molecule has 0 saturated carbocycles. The van der Waals surface area contributed by atoms with Crippen LogP contribution in [0.25, 0.3) is 0 Å². The van der Waals surface area contributed by atoms with E-state index in [9.17, 15) is 9.59 Å². The molecular weight excluding hydrogens is 322 g/mol. The molecule has 1 N–H and O–H groups in total. The summed E-state index contributed by atoms with van der Waals surface area (Å²) in [5, 5.41) is 4.88. The molecule has 2 heterocycles. The highest BCUT2D eigenvalue weighted by molar-refractivity contribution is 7.10. The molecule has 2 aromatic rings. The van der Waals surface area contributed by atoms with Gasteiger partial charge in [-0.05, 0) is 50.0 Å². The van der Waals surface area contributed by atoms with Gasteiger partial charge in [0.1, 0.15) is 6.54 Å². The molecule has 0 fully saturated rings. The third kappa shape index (κ3) is 3.20. The van der Waals surface area contributed by atoms with Crippen molar-refractivity contribution in [3.8, 4) is 0 Å². The van der Waals surface area contributed by atoms with Gasteiger partial charge in [-0.2, -0.15) is 0 Å². The molecular formula is C18H21N3O2S. The maximum absolute atomic E-state index is 13.0. The Morgan fingerprint density at radius 1 is 1.38 bits per heavy atom. The standard InChI is InChI=1S/C18H21N3O2S/c1-12-8-9-24-16(12)10-20(3)13(2)18(23)21-11-17(22)19-14-6-4-5-7-15(14)21/h4-9,13H,10-11H2,1-3H3,(H,19,22)/t13-/m0/s1. The number of hydrogen-bond acceptors (Lipinski definition) is 4. The quantitative estimate of drug-likeness (QED) is 0.929. The Balaban J connectivity index is 1.78. The van der Waals surface area contributed by atoms with Crippen molar-refractivity contribution in [3.63, 3.8) is 0 Å². The van der Waals surface area contributed by atoms with Crippen LogP contribution >= 0.6 is 11.3 Å². The number of thiophene rings is 1. The Bertz CT molecular complexity index is 771. The molecule has 0 spiro atoms. The van der Waals surface area contributed by atoms with Gasteiger partial charge in [-0.3, -0.25) is 19.4 Å². The summed E-state index contributed by atoms with van der Waals surface area (Å²) in [7, 11) is 1.94. The number of nitrogens with zero attached hydrogens (tertiary/aromatic N) is 2. The van der Waals surface area contributed by atoms with E-state index < -0.39 is 0 Å². The molecule has 0 saturated heterocycles. The molecule has 6 heteroatoms. The second kappa shape index (κ2) is 6.75. The maximum atomic E-state index is 13.0. The van der Waals surface area contributed by atoms with E-state index in [1.54, 1.807) is 16.2 Å². The minimum Gasteiger partial charge on any atom is -0.323 e. The first-order chi connectivity index (χ1) is 11.5. The van der Waals surface area contributed by atoms with Gasteiger partial charge in [0.05, 0.1) is 17.4 Å². The minimum atomic E-state index is -0.314. The van der Waals surface area contributed by atoms with Gasteiger partial charge in [-0.15, -0.1) is 11.3 Å². The van der Waals surface area contributed by atoms with Crippen molar-refractivity contribution in [1.82, 2.24) is 4.90 Å². The first-order valence-electron chi connectivity index (χ1n) is 7.91. The van der Waals surface area contributed by atoms with Crippen LogP contribution in [-0.2, 0) is 16.1 Å². The molecule has 0 radical (unpaired) electrons. The van der Waals surface area contributed by atoms with Gasteiger partial charge in [-0.25, -0.2) is 0 Å². The summed E-state index contributed by atoms with van der Waals surface area (Å²) in [5.74, 6) is -0.222. The lowest BCUT2D eigenvalue weighted by Gasteiger charge is -2.33. The molecule has 1 atom stereocenters.